The number of benzene rings is 1. The molecule has 1 aromatic rings. The third-order valence-corrected chi connectivity index (χ3v) is 4.61. The molecule has 1 aliphatic heterocycles. The van der Waals surface area contributed by atoms with Gasteiger partial charge >= 0.3 is 0 Å². The molecule has 0 aromatic heterocycles. The minimum atomic E-state index is 0.266. The zero-order valence-corrected chi connectivity index (χ0v) is 11.8. The van der Waals surface area contributed by atoms with E-state index in [1.54, 1.807) is 6.92 Å². The van der Waals surface area contributed by atoms with E-state index in [1.165, 1.54) is 49.0 Å². The number of carbonyl (C=O) groups excluding carboxylic acids is 1. The fraction of sp³-hybridized carbons (Fsp3) is 0.588. The maximum atomic E-state index is 11.4. The zero-order valence-electron chi connectivity index (χ0n) is 11.8. The van der Waals surface area contributed by atoms with Crippen molar-refractivity contribution in [1.29, 1.82) is 0 Å². The number of ketones is 1. The number of nitrogens with zero attached hydrogens (tertiary/aromatic N) is 1. The third kappa shape index (κ3) is 2.68. The Hall–Kier alpha value is -1.31. The fourth-order valence-corrected chi connectivity index (χ4v) is 3.70. The van der Waals surface area contributed by atoms with Crippen LogP contribution in [0.4, 0.5) is 5.69 Å². The molecule has 0 saturated heterocycles. The van der Waals surface area contributed by atoms with Gasteiger partial charge in [0, 0.05) is 25.2 Å². The topological polar surface area (TPSA) is 20.3 Å². The van der Waals surface area contributed by atoms with Gasteiger partial charge in [-0.25, -0.2) is 0 Å². The van der Waals surface area contributed by atoms with Crippen molar-refractivity contribution >= 4 is 11.5 Å². The molecule has 1 heterocycles. The van der Waals surface area contributed by atoms with E-state index in [4.69, 9.17) is 0 Å². The molecule has 0 radical (unpaired) electrons. The van der Waals surface area contributed by atoms with Crippen LogP contribution in [0.25, 0.3) is 0 Å². The number of Topliss-reactive ketones (excluding diaryl/α,β-unsaturated/α-hetero) is 1. The van der Waals surface area contributed by atoms with Gasteiger partial charge in [-0.2, -0.15) is 0 Å². The van der Waals surface area contributed by atoms with Gasteiger partial charge in [0.05, 0.1) is 0 Å². The summed E-state index contributed by atoms with van der Waals surface area (Å²) in [5.41, 5.74) is 4.07. The predicted molar refractivity (Wildman–Crippen MR) is 78.7 cm³/mol. The summed E-state index contributed by atoms with van der Waals surface area (Å²) in [5, 5.41) is 0. The van der Waals surface area contributed by atoms with E-state index in [0.29, 0.717) is 6.42 Å². The Balaban J connectivity index is 1.78. The molecule has 1 aliphatic carbocycles. The number of hydrogen-bond donors (Lipinski definition) is 0. The summed E-state index contributed by atoms with van der Waals surface area (Å²) < 4.78 is 0. The highest BCUT2D eigenvalue weighted by atomic mass is 16.1. The molecule has 19 heavy (non-hydrogen) atoms. The second-order valence-corrected chi connectivity index (χ2v) is 6.14. The third-order valence-electron chi connectivity index (χ3n) is 4.61. The molecule has 0 amide bonds. The summed E-state index contributed by atoms with van der Waals surface area (Å²) in [4.78, 5) is 13.9. The van der Waals surface area contributed by atoms with Gasteiger partial charge < -0.3 is 4.90 Å². The Labute approximate surface area is 115 Å². The molecule has 102 valence electrons. The molecule has 0 N–H and O–H groups in total. The molecule has 3 rings (SSSR count). The Morgan fingerprint density at radius 2 is 2.11 bits per heavy atom. The van der Waals surface area contributed by atoms with Gasteiger partial charge in [0.25, 0.3) is 0 Å². The molecular weight excluding hydrogens is 234 g/mol. The van der Waals surface area contributed by atoms with Crippen molar-refractivity contribution in [2.75, 3.05) is 18.0 Å². The summed E-state index contributed by atoms with van der Waals surface area (Å²) in [6, 6.07) is 6.48. The Morgan fingerprint density at radius 1 is 1.32 bits per heavy atom. The number of carbonyl (C=O) groups is 1. The van der Waals surface area contributed by atoms with E-state index < -0.39 is 0 Å². The summed E-state index contributed by atoms with van der Waals surface area (Å²) >= 11 is 0. The van der Waals surface area contributed by atoms with E-state index in [-0.39, 0.29) is 5.78 Å². The maximum absolute atomic E-state index is 11.4. The van der Waals surface area contributed by atoms with Crippen molar-refractivity contribution in [2.24, 2.45) is 5.92 Å². The number of rotatable bonds is 4. The number of anilines is 1. The van der Waals surface area contributed by atoms with Crippen LogP contribution < -0.4 is 4.90 Å². The summed E-state index contributed by atoms with van der Waals surface area (Å²) in [6.07, 6.45) is 7.34. The van der Waals surface area contributed by atoms with E-state index >= 15 is 0 Å². The normalized spacial score (nSPS) is 18.9. The largest absolute Gasteiger partial charge is 0.371 e. The van der Waals surface area contributed by atoms with Gasteiger partial charge in [-0.1, -0.05) is 25.0 Å². The fourth-order valence-electron chi connectivity index (χ4n) is 3.70. The van der Waals surface area contributed by atoms with E-state index in [0.717, 1.165) is 18.9 Å². The van der Waals surface area contributed by atoms with Crippen molar-refractivity contribution in [2.45, 2.75) is 45.4 Å². The van der Waals surface area contributed by atoms with Crippen molar-refractivity contribution in [3.8, 4) is 0 Å². The van der Waals surface area contributed by atoms with E-state index in [2.05, 4.69) is 23.1 Å². The van der Waals surface area contributed by atoms with Crippen molar-refractivity contribution in [3.63, 3.8) is 0 Å². The van der Waals surface area contributed by atoms with Crippen LogP contribution in [-0.2, 0) is 17.6 Å². The van der Waals surface area contributed by atoms with Crippen molar-refractivity contribution < 1.29 is 4.79 Å². The number of fused-ring (bicyclic) bond motifs is 1. The van der Waals surface area contributed by atoms with Gasteiger partial charge in [0.1, 0.15) is 5.78 Å². The lowest BCUT2D eigenvalue weighted by Gasteiger charge is -2.23. The quantitative estimate of drug-likeness (QED) is 0.824. The highest BCUT2D eigenvalue weighted by Crippen LogP contribution is 2.34. The van der Waals surface area contributed by atoms with Crippen LogP contribution >= 0.6 is 0 Å². The van der Waals surface area contributed by atoms with Crippen LogP contribution in [0.5, 0.6) is 0 Å². The predicted octanol–water partition coefficient (Wildman–Crippen LogP) is 3.37. The minimum Gasteiger partial charge on any atom is -0.371 e. The van der Waals surface area contributed by atoms with Crippen LogP contribution in [-0.4, -0.2) is 18.9 Å². The SMILES string of the molecule is CC(=O)Cc1cccc2c1CCN2CC1CCCC1. The lowest BCUT2D eigenvalue weighted by molar-refractivity contribution is -0.116. The highest BCUT2D eigenvalue weighted by molar-refractivity contribution is 5.79. The average molecular weight is 257 g/mol. The molecule has 0 bridgehead atoms. The molecule has 0 spiro atoms. The van der Waals surface area contributed by atoms with Gasteiger partial charge in [-0.3, -0.25) is 4.79 Å². The summed E-state index contributed by atoms with van der Waals surface area (Å²) in [7, 11) is 0. The van der Waals surface area contributed by atoms with Crippen LogP contribution in [0.15, 0.2) is 18.2 Å². The molecular formula is C17H23NO. The molecule has 0 unspecified atom stereocenters. The van der Waals surface area contributed by atoms with Gasteiger partial charge in [-0.05, 0) is 49.3 Å². The minimum absolute atomic E-state index is 0.266. The van der Waals surface area contributed by atoms with Gasteiger partial charge in [-0.15, -0.1) is 0 Å². The van der Waals surface area contributed by atoms with Crippen LogP contribution in [0.3, 0.4) is 0 Å². The highest BCUT2D eigenvalue weighted by Gasteiger charge is 2.25. The van der Waals surface area contributed by atoms with Crippen LogP contribution in [0.2, 0.25) is 0 Å². The van der Waals surface area contributed by atoms with Crippen LogP contribution in [0.1, 0.15) is 43.7 Å². The monoisotopic (exact) mass is 257 g/mol. The Morgan fingerprint density at radius 3 is 2.84 bits per heavy atom. The van der Waals surface area contributed by atoms with E-state index in [1.807, 2.05) is 0 Å². The van der Waals surface area contributed by atoms with Crippen molar-refractivity contribution in [3.05, 3.63) is 29.3 Å². The second-order valence-electron chi connectivity index (χ2n) is 6.14. The van der Waals surface area contributed by atoms with Crippen LogP contribution in [0, 0.1) is 5.92 Å². The molecule has 0 atom stereocenters. The zero-order chi connectivity index (χ0) is 13.2. The first-order chi connectivity index (χ1) is 9.24. The average Bonchev–Trinajstić information content (AvgIpc) is 3.00. The lowest BCUT2D eigenvalue weighted by Crippen LogP contribution is -2.26. The Bertz CT molecular complexity index is 474. The number of hydrogen-bond acceptors (Lipinski definition) is 2. The van der Waals surface area contributed by atoms with Crippen molar-refractivity contribution in [1.82, 2.24) is 0 Å². The first kappa shape index (κ1) is 12.7. The first-order valence-corrected chi connectivity index (χ1v) is 7.59. The molecule has 1 fully saturated rings. The molecule has 1 aromatic carbocycles. The lowest BCUT2D eigenvalue weighted by atomic mass is 10.0. The molecule has 2 aliphatic rings. The summed E-state index contributed by atoms with van der Waals surface area (Å²) in [6.45, 7) is 4.04. The molecule has 2 nitrogen and oxygen atoms in total. The standard InChI is InChI=1S/C17H23NO/c1-13(19)11-15-7-4-8-17-16(15)9-10-18(17)12-14-5-2-3-6-14/h4,7-8,14H,2-3,5-6,9-12H2,1H3. The summed E-state index contributed by atoms with van der Waals surface area (Å²) in [5.74, 6) is 1.16. The molecule has 1 saturated carbocycles. The van der Waals surface area contributed by atoms with Gasteiger partial charge in [0.15, 0.2) is 0 Å². The smallest absolute Gasteiger partial charge is 0.134 e. The first-order valence-electron chi connectivity index (χ1n) is 7.59. The van der Waals surface area contributed by atoms with Gasteiger partial charge in [0.2, 0.25) is 0 Å². The second kappa shape index (κ2) is 5.36. The molecule has 2 heteroatoms. The van der Waals surface area contributed by atoms with E-state index in [9.17, 15) is 4.79 Å². The maximum Gasteiger partial charge on any atom is 0.134 e. The Kier molecular flexibility index (Phi) is 3.58.